The van der Waals surface area contributed by atoms with Crippen molar-refractivity contribution in [3.05, 3.63) is 89.2 Å². The van der Waals surface area contributed by atoms with Crippen LogP contribution in [0.4, 0.5) is 5.69 Å². The Morgan fingerprint density at radius 2 is 1.61 bits per heavy atom. The number of carbonyl (C=O) groups is 4. The van der Waals surface area contributed by atoms with Gasteiger partial charge in [-0.1, -0.05) is 30.3 Å². The molecule has 1 saturated carbocycles. The van der Waals surface area contributed by atoms with E-state index < -0.39 is 12.0 Å². The zero-order chi connectivity index (χ0) is 36.5. The lowest BCUT2D eigenvalue weighted by Crippen LogP contribution is -2.48. The zero-order valence-corrected chi connectivity index (χ0v) is 29.4. The van der Waals surface area contributed by atoms with Crippen LogP contribution in [0.5, 0.6) is 0 Å². The van der Waals surface area contributed by atoms with Crippen molar-refractivity contribution in [2.75, 3.05) is 11.9 Å². The molecule has 0 aliphatic heterocycles. The second kappa shape index (κ2) is 17.0. The molecule has 3 aromatic carbocycles. The molecule has 0 spiro atoms. The highest BCUT2D eigenvalue weighted by molar-refractivity contribution is 5.98. The fourth-order valence-corrected chi connectivity index (χ4v) is 6.38. The summed E-state index contributed by atoms with van der Waals surface area (Å²) in [6, 6.07) is 19.8. The number of carbonyl (C=O) groups excluding carboxylic acids is 3. The van der Waals surface area contributed by atoms with Crippen LogP contribution < -0.4 is 21.7 Å². The fraction of sp³-hybridized carbons (Fsp3) is 0.385. The van der Waals surface area contributed by atoms with Crippen LogP contribution in [0.15, 0.2) is 66.7 Å². The minimum atomic E-state index is -0.913. The van der Waals surface area contributed by atoms with Crippen molar-refractivity contribution in [3.63, 3.8) is 0 Å². The molecule has 4 aromatic rings. The van der Waals surface area contributed by atoms with Crippen LogP contribution in [0.3, 0.4) is 0 Å². The van der Waals surface area contributed by atoms with Gasteiger partial charge in [0, 0.05) is 41.6 Å². The molecular formula is C39H47N7O5. The van der Waals surface area contributed by atoms with Gasteiger partial charge in [0.25, 0.3) is 5.91 Å². The number of benzene rings is 3. The largest absolute Gasteiger partial charge is 0.481 e. The Morgan fingerprint density at radius 1 is 0.922 bits per heavy atom. The summed E-state index contributed by atoms with van der Waals surface area (Å²) in [5, 5.41) is 24.8. The van der Waals surface area contributed by atoms with Gasteiger partial charge in [0.1, 0.15) is 11.9 Å². The number of H-pyrrole nitrogens is 1. The number of nitrogens with zero attached hydrogens (tertiary/aromatic N) is 2. The van der Waals surface area contributed by atoms with Gasteiger partial charge in [0.15, 0.2) is 5.82 Å². The Bertz CT molecular complexity index is 1830. The highest BCUT2D eigenvalue weighted by Gasteiger charge is 2.29. The number of aliphatic carboxylic acids is 1. The molecule has 12 heteroatoms. The maximum absolute atomic E-state index is 13.8. The molecule has 1 atom stereocenters. The molecule has 51 heavy (non-hydrogen) atoms. The molecule has 1 aliphatic carbocycles. The standard InChI is InChI=1S/C39H47N7O5/c1-23(2)41-38(50)30-14-17-32(24(3)20-30)27-8-4-25(5-9-27)21-33(43-37(49)29-10-6-26(22-40)7-11-29)39(51)42-31-15-12-28(13-16-31)36-44-34(45-46-36)18-19-35(47)48/h4-5,8-9,12-17,20,23,26,29,33H,6-7,10-11,18-19,21-22,40H2,1-3H3,(H,41,50)(H,42,51)(H,43,49)(H,47,48)(H,44,45,46)/t26?,29?,33-/m0/s1. The molecule has 3 amide bonds. The Balaban J connectivity index is 1.29. The van der Waals surface area contributed by atoms with Crippen molar-refractivity contribution in [2.45, 2.75) is 77.8 Å². The summed E-state index contributed by atoms with van der Waals surface area (Å²) in [6.07, 6.45) is 3.76. The van der Waals surface area contributed by atoms with Gasteiger partial charge in [-0.2, -0.15) is 5.10 Å². The van der Waals surface area contributed by atoms with Crippen LogP contribution >= 0.6 is 0 Å². The predicted octanol–water partition coefficient (Wildman–Crippen LogP) is 5.03. The summed E-state index contributed by atoms with van der Waals surface area (Å²) in [6.45, 7) is 6.45. The predicted molar refractivity (Wildman–Crippen MR) is 196 cm³/mol. The number of carboxylic acid groups (broad SMARTS) is 1. The van der Waals surface area contributed by atoms with Gasteiger partial charge in [-0.05, 0) is 118 Å². The zero-order valence-electron chi connectivity index (χ0n) is 29.4. The molecule has 1 heterocycles. The molecular weight excluding hydrogens is 646 g/mol. The number of rotatable bonds is 14. The van der Waals surface area contributed by atoms with Crippen LogP contribution in [0.25, 0.3) is 22.5 Å². The number of aromatic amines is 1. The maximum atomic E-state index is 13.8. The second-order valence-electron chi connectivity index (χ2n) is 13.6. The van der Waals surface area contributed by atoms with Crippen LogP contribution in [-0.4, -0.2) is 62.6 Å². The third-order valence-corrected chi connectivity index (χ3v) is 9.32. The smallest absolute Gasteiger partial charge is 0.303 e. The van der Waals surface area contributed by atoms with Crippen molar-refractivity contribution in [2.24, 2.45) is 17.6 Å². The van der Waals surface area contributed by atoms with E-state index in [4.69, 9.17) is 10.8 Å². The van der Waals surface area contributed by atoms with E-state index in [1.54, 1.807) is 24.3 Å². The van der Waals surface area contributed by atoms with Crippen LogP contribution in [0.1, 0.15) is 73.3 Å². The van der Waals surface area contributed by atoms with Crippen LogP contribution in [0, 0.1) is 18.8 Å². The maximum Gasteiger partial charge on any atom is 0.303 e. The molecule has 1 fully saturated rings. The van der Waals surface area contributed by atoms with Crippen LogP contribution in [-0.2, 0) is 27.2 Å². The Labute approximate surface area is 298 Å². The number of hydrogen-bond acceptors (Lipinski definition) is 7. The molecule has 0 unspecified atom stereocenters. The van der Waals surface area contributed by atoms with E-state index in [-0.39, 0.29) is 48.9 Å². The van der Waals surface area contributed by atoms with Gasteiger partial charge < -0.3 is 26.8 Å². The molecule has 0 radical (unpaired) electrons. The first-order chi connectivity index (χ1) is 24.5. The number of hydrogen-bond donors (Lipinski definition) is 6. The quantitative estimate of drug-likeness (QED) is 0.106. The lowest BCUT2D eigenvalue weighted by Gasteiger charge is -2.28. The van der Waals surface area contributed by atoms with Gasteiger partial charge in [-0.3, -0.25) is 24.3 Å². The second-order valence-corrected chi connectivity index (χ2v) is 13.6. The average Bonchev–Trinajstić information content (AvgIpc) is 3.60. The number of amides is 3. The third kappa shape index (κ3) is 10.1. The van der Waals surface area contributed by atoms with Crippen molar-refractivity contribution < 1.29 is 24.3 Å². The average molecular weight is 694 g/mol. The first kappa shape index (κ1) is 36.9. The summed E-state index contributed by atoms with van der Waals surface area (Å²) in [4.78, 5) is 54.9. The number of nitrogens with one attached hydrogen (secondary N) is 4. The molecule has 7 N–H and O–H groups in total. The topological polar surface area (TPSA) is 192 Å². The van der Waals surface area contributed by atoms with E-state index in [2.05, 4.69) is 31.1 Å². The molecule has 268 valence electrons. The van der Waals surface area contributed by atoms with Crippen molar-refractivity contribution in [1.29, 1.82) is 0 Å². The van der Waals surface area contributed by atoms with E-state index in [1.165, 1.54) is 0 Å². The first-order valence-corrected chi connectivity index (χ1v) is 17.5. The molecule has 0 bridgehead atoms. The van der Waals surface area contributed by atoms with E-state index in [9.17, 15) is 19.2 Å². The number of aryl methyl sites for hydroxylation is 2. The molecule has 0 saturated heterocycles. The van der Waals surface area contributed by atoms with Gasteiger partial charge in [-0.15, -0.1) is 0 Å². The monoisotopic (exact) mass is 693 g/mol. The lowest BCUT2D eigenvalue weighted by atomic mass is 9.81. The summed E-state index contributed by atoms with van der Waals surface area (Å²) in [7, 11) is 0. The fourth-order valence-electron chi connectivity index (χ4n) is 6.38. The van der Waals surface area contributed by atoms with Gasteiger partial charge in [0.05, 0.1) is 6.42 Å². The van der Waals surface area contributed by atoms with Crippen LogP contribution in [0.2, 0.25) is 0 Å². The van der Waals surface area contributed by atoms with E-state index in [0.29, 0.717) is 40.9 Å². The third-order valence-electron chi connectivity index (χ3n) is 9.32. The molecule has 1 aliphatic rings. The number of nitrogens with two attached hydrogens (primary N) is 1. The summed E-state index contributed by atoms with van der Waals surface area (Å²) in [5.74, 6) is -0.317. The SMILES string of the molecule is Cc1cc(C(=O)NC(C)C)ccc1-c1ccc(C[C@H](NC(=O)C2CCC(CN)CC2)C(=O)Nc2ccc(-c3n[nH]c(CCC(=O)O)n3)cc2)cc1. The highest BCUT2D eigenvalue weighted by atomic mass is 16.4. The minimum Gasteiger partial charge on any atom is -0.481 e. The molecule has 1 aromatic heterocycles. The number of anilines is 1. The van der Waals surface area contributed by atoms with Crippen molar-refractivity contribution in [3.8, 4) is 22.5 Å². The summed E-state index contributed by atoms with van der Waals surface area (Å²) in [5.41, 5.74) is 11.6. The van der Waals surface area contributed by atoms with E-state index >= 15 is 0 Å². The van der Waals surface area contributed by atoms with Gasteiger partial charge >= 0.3 is 5.97 Å². The number of aromatic nitrogens is 3. The van der Waals surface area contributed by atoms with Gasteiger partial charge in [-0.25, -0.2) is 4.98 Å². The summed E-state index contributed by atoms with van der Waals surface area (Å²) < 4.78 is 0. The van der Waals surface area contributed by atoms with E-state index in [0.717, 1.165) is 47.9 Å². The first-order valence-electron chi connectivity index (χ1n) is 17.5. The number of carboxylic acids is 1. The summed E-state index contributed by atoms with van der Waals surface area (Å²) >= 11 is 0. The van der Waals surface area contributed by atoms with Gasteiger partial charge in [0.2, 0.25) is 11.8 Å². The Hall–Kier alpha value is -5.36. The van der Waals surface area contributed by atoms with E-state index in [1.807, 2.05) is 63.2 Å². The van der Waals surface area contributed by atoms with Crippen molar-refractivity contribution >= 4 is 29.4 Å². The Morgan fingerprint density at radius 3 is 2.24 bits per heavy atom. The molecule has 12 nitrogen and oxygen atoms in total. The normalized spacial score (nSPS) is 16.3. The lowest BCUT2D eigenvalue weighted by molar-refractivity contribution is -0.137. The molecule has 5 rings (SSSR count). The van der Waals surface area contributed by atoms with Crippen molar-refractivity contribution in [1.82, 2.24) is 25.8 Å². The Kier molecular flexibility index (Phi) is 12.3. The highest BCUT2D eigenvalue weighted by Crippen LogP contribution is 2.29. The minimum absolute atomic E-state index is 0.0467.